The molecule has 2 N–H and O–H groups in total. The van der Waals surface area contributed by atoms with Crippen molar-refractivity contribution >= 4 is 27.3 Å². The van der Waals surface area contributed by atoms with Gasteiger partial charge in [-0.2, -0.15) is 4.72 Å². The van der Waals surface area contributed by atoms with Crippen LogP contribution in [0.3, 0.4) is 0 Å². The maximum atomic E-state index is 12.3. The van der Waals surface area contributed by atoms with Gasteiger partial charge in [-0.25, -0.2) is 8.42 Å². The lowest BCUT2D eigenvalue weighted by Crippen LogP contribution is -2.46. The molecule has 0 aliphatic carbocycles. The standard InChI is InChI=1S/C15H20N2O4S2/c1-11(2)9-13(15(18)16-10-12-5-3-7-21-12)17-23(19,20)14-6-4-8-22-14/h3-8,11,13,17H,9-10H2,1-2H3,(H,16,18)/t13-/m0/s1. The van der Waals surface area contributed by atoms with Gasteiger partial charge in [0.05, 0.1) is 12.8 Å². The van der Waals surface area contributed by atoms with Gasteiger partial charge in [-0.05, 0) is 35.9 Å². The molecule has 2 aromatic heterocycles. The van der Waals surface area contributed by atoms with Gasteiger partial charge in [-0.1, -0.05) is 19.9 Å². The van der Waals surface area contributed by atoms with E-state index in [4.69, 9.17) is 4.42 Å². The van der Waals surface area contributed by atoms with E-state index in [1.165, 1.54) is 12.3 Å². The average Bonchev–Trinajstić information content (AvgIpc) is 3.16. The molecular formula is C15H20N2O4S2. The molecule has 0 bridgehead atoms. The summed E-state index contributed by atoms with van der Waals surface area (Å²) in [4.78, 5) is 12.3. The molecule has 6 nitrogen and oxygen atoms in total. The van der Waals surface area contributed by atoms with Gasteiger partial charge in [0.25, 0.3) is 10.0 Å². The van der Waals surface area contributed by atoms with Crippen LogP contribution < -0.4 is 10.0 Å². The molecule has 0 spiro atoms. The first-order valence-electron chi connectivity index (χ1n) is 7.24. The molecule has 0 aromatic carbocycles. The summed E-state index contributed by atoms with van der Waals surface area (Å²) in [5, 5.41) is 4.39. The van der Waals surface area contributed by atoms with Gasteiger partial charge in [0.15, 0.2) is 0 Å². The fraction of sp³-hybridized carbons (Fsp3) is 0.400. The molecule has 2 heterocycles. The second-order valence-corrected chi connectivity index (χ2v) is 8.42. The van der Waals surface area contributed by atoms with E-state index in [1.807, 2.05) is 13.8 Å². The number of rotatable bonds is 8. The van der Waals surface area contributed by atoms with E-state index >= 15 is 0 Å². The van der Waals surface area contributed by atoms with E-state index in [0.29, 0.717) is 12.2 Å². The number of carbonyl (C=O) groups excluding carboxylic acids is 1. The summed E-state index contributed by atoms with van der Waals surface area (Å²) in [5.41, 5.74) is 0. The molecule has 0 unspecified atom stereocenters. The highest BCUT2D eigenvalue weighted by atomic mass is 32.2. The highest BCUT2D eigenvalue weighted by molar-refractivity contribution is 7.91. The summed E-state index contributed by atoms with van der Waals surface area (Å²) in [6.07, 6.45) is 1.93. The number of hydrogen-bond donors (Lipinski definition) is 2. The Morgan fingerprint density at radius 1 is 1.30 bits per heavy atom. The third-order valence-electron chi connectivity index (χ3n) is 3.10. The molecule has 8 heteroatoms. The molecule has 0 saturated carbocycles. The van der Waals surface area contributed by atoms with Crippen molar-refractivity contribution in [3.63, 3.8) is 0 Å². The summed E-state index contributed by atoms with van der Waals surface area (Å²) in [6.45, 7) is 4.10. The minimum Gasteiger partial charge on any atom is -0.467 e. The van der Waals surface area contributed by atoms with Crippen LogP contribution in [0.15, 0.2) is 44.5 Å². The molecule has 0 aliphatic rings. The number of amides is 1. The quantitative estimate of drug-likeness (QED) is 0.760. The van der Waals surface area contributed by atoms with Crippen molar-refractivity contribution in [1.29, 1.82) is 0 Å². The number of nitrogens with one attached hydrogen (secondary N) is 2. The van der Waals surface area contributed by atoms with Crippen LogP contribution in [0.5, 0.6) is 0 Å². The predicted octanol–water partition coefficient (Wildman–Crippen LogP) is 2.35. The normalized spacial score (nSPS) is 13.2. The lowest BCUT2D eigenvalue weighted by atomic mass is 10.0. The molecule has 0 saturated heterocycles. The van der Waals surface area contributed by atoms with E-state index in [1.54, 1.807) is 23.6 Å². The number of carbonyl (C=O) groups is 1. The molecule has 1 atom stereocenters. The Balaban J connectivity index is 2.05. The molecule has 126 valence electrons. The van der Waals surface area contributed by atoms with Crippen LogP contribution in [-0.2, 0) is 21.4 Å². The van der Waals surface area contributed by atoms with Crippen molar-refractivity contribution in [1.82, 2.24) is 10.0 Å². The van der Waals surface area contributed by atoms with Crippen LogP contribution in [-0.4, -0.2) is 20.4 Å². The van der Waals surface area contributed by atoms with Gasteiger partial charge >= 0.3 is 0 Å². The van der Waals surface area contributed by atoms with Gasteiger partial charge in [-0.15, -0.1) is 11.3 Å². The summed E-state index contributed by atoms with van der Waals surface area (Å²) in [6, 6.07) is 5.82. The first kappa shape index (κ1) is 17.7. The minimum atomic E-state index is -3.69. The van der Waals surface area contributed by atoms with Crippen molar-refractivity contribution in [2.45, 2.75) is 37.1 Å². The molecule has 0 aliphatic heterocycles. The monoisotopic (exact) mass is 356 g/mol. The van der Waals surface area contributed by atoms with Crippen molar-refractivity contribution in [3.05, 3.63) is 41.7 Å². The second-order valence-electron chi connectivity index (χ2n) is 5.53. The molecule has 0 radical (unpaired) electrons. The zero-order valence-electron chi connectivity index (χ0n) is 13.0. The van der Waals surface area contributed by atoms with E-state index in [-0.39, 0.29) is 22.6 Å². The number of thiophene rings is 1. The van der Waals surface area contributed by atoms with Gasteiger partial charge < -0.3 is 9.73 Å². The Labute approximate surface area is 139 Å². The maximum Gasteiger partial charge on any atom is 0.250 e. The molecule has 2 aromatic rings. The highest BCUT2D eigenvalue weighted by Crippen LogP contribution is 2.17. The molecule has 0 fully saturated rings. The van der Waals surface area contributed by atoms with Crippen LogP contribution in [0.25, 0.3) is 0 Å². The summed E-state index contributed by atoms with van der Waals surface area (Å²) >= 11 is 1.12. The first-order chi connectivity index (χ1) is 10.9. The van der Waals surface area contributed by atoms with Gasteiger partial charge in [0, 0.05) is 0 Å². The summed E-state index contributed by atoms with van der Waals surface area (Å²) in [7, 11) is -3.69. The number of furan rings is 1. The third-order valence-corrected chi connectivity index (χ3v) is 5.97. The zero-order valence-corrected chi connectivity index (χ0v) is 14.6. The van der Waals surface area contributed by atoms with Gasteiger partial charge in [0.1, 0.15) is 16.0 Å². The Kier molecular flexibility index (Phi) is 5.97. The van der Waals surface area contributed by atoms with E-state index in [2.05, 4.69) is 10.0 Å². The second kappa shape index (κ2) is 7.76. The molecule has 23 heavy (non-hydrogen) atoms. The van der Waals surface area contributed by atoms with Crippen molar-refractivity contribution in [2.24, 2.45) is 5.92 Å². The zero-order chi connectivity index (χ0) is 16.9. The van der Waals surface area contributed by atoms with E-state index in [0.717, 1.165) is 11.3 Å². The number of hydrogen-bond acceptors (Lipinski definition) is 5. The summed E-state index contributed by atoms with van der Waals surface area (Å²) in [5.74, 6) is 0.415. The minimum absolute atomic E-state index is 0.167. The Hall–Kier alpha value is -1.64. The topological polar surface area (TPSA) is 88.4 Å². The molecule has 2 rings (SSSR count). The van der Waals surface area contributed by atoms with E-state index < -0.39 is 16.1 Å². The smallest absolute Gasteiger partial charge is 0.250 e. The van der Waals surface area contributed by atoms with E-state index in [9.17, 15) is 13.2 Å². The van der Waals surface area contributed by atoms with Crippen LogP contribution in [0.4, 0.5) is 0 Å². The predicted molar refractivity (Wildman–Crippen MR) is 88.4 cm³/mol. The number of sulfonamides is 1. The third kappa shape index (κ3) is 5.19. The highest BCUT2D eigenvalue weighted by Gasteiger charge is 2.27. The molecule has 1 amide bonds. The van der Waals surface area contributed by atoms with Gasteiger partial charge in [-0.3, -0.25) is 4.79 Å². The average molecular weight is 356 g/mol. The fourth-order valence-corrected chi connectivity index (χ4v) is 4.27. The van der Waals surface area contributed by atoms with Crippen molar-refractivity contribution in [2.75, 3.05) is 0 Å². The lowest BCUT2D eigenvalue weighted by molar-refractivity contribution is -0.123. The fourth-order valence-electron chi connectivity index (χ4n) is 2.05. The van der Waals surface area contributed by atoms with Crippen LogP contribution in [0.2, 0.25) is 0 Å². The lowest BCUT2D eigenvalue weighted by Gasteiger charge is -2.19. The Bertz CT molecular complexity index is 707. The molecular weight excluding hydrogens is 336 g/mol. The SMILES string of the molecule is CC(C)C[C@H](NS(=O)(=O)c1cccs1)C(=O)NCc1ccco1. The van der Waals surface area contributed by atoms with Crippen LogP contribution in [0, 0.1) is 5.92 Å². The Morgan fingerprint density at radius 3 is 2.65 bits per heavy atom. The van der Waals surface area contributed by atoms with Gasteiger partial charge in [0.2, 0.25) is 5.91 Å². The first-order valence-corrected chi connectivity index (χ1v) is 9.60. The van der Waals surface area contributed by atoms with Crippen LogP contribution in [0.1, 0.15) is 26.0 Å². The van der Waals surface area contributed by atoms with Crippen molar-refractivity contribution < 1.29 is 17.6 Å². The van der Waals surface area contributed by atoms with Crippen molar-refractivity contribution in [3.8, 4) is 0 Å². The summed E-state index contributed by atoms with van der Waals surface area (Å²) < 4.78 is 32.5. The maximum absolute atomic E-state index is 12.3. The largest absolute Gasteiger partial charge is 0.467 e. The Morgan fingerprint density at radius 2 is 2.09 bits per heavy atom. The van der Waals surface area contributed by atoms with Crippen LogP contribution >= 0.6 is 11.3 Å².